The second-order valence-electron chi connectivity index (χ2n) is 11.4. The lowest BCUT2D eigenvalue weighted by Gasteiger charge is -2.50. The summed E-state index contributed by atoms with van der Waals surface area (Å²) in [5, 5.41) is 14.5. The molecule has 2 aromatic carbocycles. The van der Waals surface area contributed by atoms with Crippen LogP contribution < -0.4 is 21.0 Å². The van der Waals surface area contributed by atoms with Gasteiger partial charge in [0.05, 0.1) is 0 Å². The molecule has 6 rings (SSSR count). The Balaban J connectivity index is 1.19. The Morgan fingerprint density at radius 2 is 1.74 bits per heavy atom. The maximum Gasteiger partial charge on any atom is 0.378 e. The summed E-state index contributed by atoms with van der Waals surface area (Å²) in [6.45, 7) is 1.76. The zero-order chi connectivity index (χ0) is 35.7. The average molecular weight is 704 g/mol. The first-order valence-electron chi connectivity index (χ1n) is 15.4. The Morgan fingerprint density at radius 3 is 2.46 bits per heavy atom. The molecule has 3 atom stereocenters. The van der Waals surface area contributed by atoms with Crippen LogP contribution in [0.5, 0.6) is 5.75 Å². The van der Waals surface area contributed by atoms with E-state index in [1.165, 1.54) is 17.0 Å². The highest BCUT2D eigenvalue weighted by molar-refractivity contribution is 8.00. The molecule has 0 radical (unpaired) electrons. The number of carbonyl (C=O) groups is 7. The van der Waals surface area contributed by atoms with Crippen LogP contribution in [-0.4, -0.2) is 105 Å². The fraction of sp³-hybridized carbons (Fsp3) is 0.273. The number of nitrogens with one attached hydrogen (secondary N) is 2. The maximum atomic E-state index is 13.7. The minimum atomic E-state index is -1.80. The van der Waals surface area contributed by atoms with E-state index in [2.05, 4.69) is 10.6 Å². The van der Waals surface area contributed by atoms with Crippen molar-refractivity contribution >= 4 is 64.1 Å². The first-order chi connectivity index (χ1) is 24.0. The van der Waals surface area contributed by atoms with Gasteiger partial charge in [-0.25, -0.2) is 14.4 Å². The molecule has 0 bridgehead atoms. The molecule has 3 aliphatic heterocycles. The molecule has 1 aromatic heterocycles. The van der Waals surface area contributed by atoms with E-state index in [4.69, 9.17) is 9.15 Å². The van der Waals surface area contributed by atoms with Crippen molar-refractivity contribution in [1.29, 1.82) is 0 Å². The van der Waals surface area contributed by atoms with Crippen LogP contribution in [-0.2, 0) is 28.8 Å². The number of benzene rings is 2. The van der Waals surface area contributed by atoms with E-state index in [0.717, 1.165) is 21.6 Å². The highest BCUT2D eigenvalue weighted by atomic mass is 32.2. The first-order valence-corrected chi connectivity index (χ1v) is 16.4. The van der Waals surface area contributed by atoms with Crippen LogP contribution in [0.1, 0.15) is 18.5 Å². The summed E-state index contributed by atoms with van der Waals surface area (Å²) in [6, 6.07) is 12.0. The monoisotopic (exact) mass is 703 g/mol. The SMILES string of the molecule is CCN1CCN(C(=O)NC(C(=O)NC2C(=O)N3C(C(=O)C(=O)O)=C(COc4ccc5ccc(=O)oc5c4)CSC23)c2ccccc2)C(=O)C1=O. The number of fused-ring (bicyclic) bond motifs is 2. The Labute approximate surface area is 287 Å². The number of hydrogen-bond acceptors (Lipinski definition) is 11. The van der Waals surface area contributed by atoms with Crippen LogP contribution in [0.2, 0.25) is 0 Å². The van der Waals surface area contributed by atoms with Gasteiger partial charge in [0.15, 0.2) is 0 Å². The molecule has 0 saturated carbocycles. The molecular weight excluding hydrogens is 674 g/mol. The molecule has 0 aliphatic carbocycles. The molecule has 17 heteroatoms. The second kappa shape index (κ2) is 13.9. The topological polar surface area (TPSA) is 213 Å². The van der Waals surface area contributed by atoms with Gasteiger partial charge in [-0.05, 0) is 30.7 Å². The zero-order valence-corrected chi connectivity index (χ0v) is 27.1. The Morgan fingerprint density at radius 1 is 1.00 bits per heavy atom. The number of carboxylic acids is 1. The van der Waals surface area contributed by atoms with Gasteiger partial charge in [0.2, 0.25) is 5.91 Å². The van der Waals surface area contributed by atoms with Crippen molar-refractivity contribution < 1.29 is 47.8 Å². The van der Waals surface area contributed by atoms with Crippen molar-refractivity contribution in [2.75, 3.05) is 32.0 Å². The van der Waals surface area contributed by atoms with E-state index in [1.54, 1.807) is 55.5 Å². The number of aliphatic carboxylic acids is 1. The molecule has 0 spiro atoms. The lowest BCUT2D eigenvalue weighted by molar-refractivity contribution is -0.153. The summed E-state index contributed by atoms with van der Waals surface area (Å²) in [7, 11) is 0. The lowest BCUT2D eigenvalue weighted by atomic mass is 9.99. The number of urea groups is 1. The van der Waals surface area contributed by atoms with Crippen LogP contribution in [0.3, 0.4) is 0 Å². The molecule has 3 unspecified atom stereocenters. The normalized spacial score (nSPS) is 19.5. The number of likely N-dealkylation sites (N-methyl/N-ethyl adjacent to an activating group) is 1. The van der Waals surface area contributed by atoms with Crippen LogP contribution in [0.25, 0.3) is 11.0 Å². The summed E-state index contributed by atoms with van der Waals surface area (Å²) in [4.78, 5) is 105. The number of piperazine rings is 1. The zero-order valence-electron chi connectivity index (χ0n) is 26.3. The summed E-state index contributed by atoms with van der Waals surface area (Å²) in [5.41, 5.74) is -0.161. The summed E-state index contributed by atoms with van der Waals surface area (Å²) < 4.78 is 11.0. The third-order valence-corrected chi connectivity index (χ3v) is 9.70. The molecule has 3 aromatic rings. The van der Waals surface area contributed by atoms with Crippen LogP contribution in [0, 0.1) is 0 Å². The van der Waals surface area contributed by atoms with Crippen molar-refractivity contribution in [3.05, 3.63) is 87.9 Å². The number of nitrogens with zero attached hydrogens (tertiary/aromatic N) is 3. The molecular formula is C33H29N5O11S. The van der Waals surface area contributed by atoms with E-state index in [0.29, 0.717) is 10.9 Å². The quantitative estimate of drug-likeness (QED) is 0.151. The molecule has 50 heavy (non-hydrogen) atoms. The van der Waals surface area contributed by atoms with Gasteiger partial charge in [0, 0.05) is 48.5 Å². The number of ether oxygens (including phenoxy) is 1. The van der Waals surface area contributed by atoms with Crippen LogP contribution in [0.4, 0.5) is 4.79 Å². The van der Waals surface area contributed by atoms with Gasteiger partial charge < -0.3 is 29.8 Å². The van der Waals surface area contributed by atoms with Gasteiger partial charge in [0.25, 0.3) is 11.7 Å². The van der Waals surface area contributed by atoms with E-state index in [1.807, 2.05) is 0 Å². The minimum Gasteiger partial charge on any atom is -0.489 e. The van der Waals surface area contributed by atoms with Gasteiger partial charge in [-0.1, -0.05) is 30.3 Å². The molecule has 3 aliphatic rings. The van der Waals surface area contributed by atoms with Crippen molar-refractivity contribution in [3.63, 3.8) is 0 Å². The maximum absolute atomic E-state index is 13.7. The molecule has 6 amide bonds. The fourth-order valence-electron chi connectivity index (χ4n) is 5.77. The number of hydrogen-bond donors (Lipinski definition) is 3. The Kier molecular flexibility index (Phi) is 9.41. The van der Waals surface area contributed by atoms with Crippen molar-refractivity contribution in [1.82, 2.24) is 25.3 Å². The van der Waals surface area contributed by atoms with Gasteiger partial charge >= 0.3 is 29.4 Å². The van der Waals surface area contributed by atoms with Crippen LogP contribution in [0.15, 0.2) is 81.1 Å². The number of carboxylic acid groups (broad SMARTS) is 1. The van der Waals surface area contributed by atoms with Gasteiger partial charge in [-0.3, -0.25) is 33.8 Å². The second-order valence-corrected chi connectivity index (χ2v) is 12.5. The Bertz CT molecular complexity index is 2030. The lowest BCUT2D eigenvalue weighted by Crippen LogP contribution is -2.71. The molecule has 2 saturated heterocycles. The van der Waals surface area contributed by atoms with E-state index >= 15 is 0 Å². The average Bonchev–Trinajstić information content (AvgIpc) is 3.12. The smallest absolute Gasteiger partial charge is 0.378 e. The number of β-lactam (4-membered cyclic amide) rings is 1. The summed E-state index contributed by atoms with van der Waals surface area (Å²) >= 11 is 1.16. The van der Waals surface area contributed by atoms with Crippen molar-refractivity contribution in [2.24, 2.45) is 0 Å². The third-order valence-electron chi connectivity index (χ3n) is 8.36. The number of ketones is 1. The molecule has 4 heterocycles. The fourth-order valence-corrected chi connectivity index (χ4v) is 7.09. The predicted molar refractivity (Wildman–Crippen MR) is 174 cm³/mol. The summed E-state index contributed by atoms with van der Waals surface area (Å²) in [6.07, 6.45) is 0. The summed E-state index contributed by atoms with van der Waals surface area (Å²) in [5.74, 6) is -6.28. The van der Waals surface area contributed by atoms with Crippen molar-refractivity contribution in [3.8, 4) is 5.75 Å². The Hall–Kier alpha value is -5.97. The standard InChI is InChI=1S/C33H29N5O11S/c1-2-36-12-13-37(30(44)29(36)43)33(47)35-23(18-6-4-3-5-7-18)27(41)34-24-28(42)38-25(26(40)32(45)46)19(16-50-31(24)38)15-48-20-10-8-17-9-11-22(39)49-21(17)14-20/h3-11,14,23-24,31H,2,12-13,15-16H2,1H3,(H,34,41)(H,35,47)(H,45,46). The van der Waals surface area contributed by atoms with Crippen molar-refractivity contribution in [2.45, 2.75) is 24.4 Å². The van der Waals surface area contributed by atoms with E-state index in [-0.39, 0.29) is 54.6 Å². The number of Topliss-reactive ketones (excluding diaryl/α,β-unsaturated/α-hetero) is 1. The number of imide groups is 1. The molecule has 3 N–H and O–H groups in total. The molecule has 258 valence electrons. The highest BCUT2D eigenvalue weighted by Gasteiger charge is 2.55. The predicted octanol–water partition coefficient (Wildman–Crippen LogP) is 0.621. The van der Waals surface area contributed by atoms with E-state index < -0.39 is 64.5 Å². The van der Waals surface area contributed by atoms with E-state index in [9.17, 15) is 43.5 Å². The van der Waals surface area contributed by atoms with Gasteiger partial charge in [-0.15, -0.1) is 11.8 Å². The van der Waals surface area contributed by atoms with Crippen LogP contribution >= 0.6 is 11.8 Å². The number of thioether (sulfide) groups is 1. The molecule has 2 fully saturated rings. The minimum absolute atomic E-state index is 0.0660. The number of amides is 6. The van der Waals surface area contributed by atoms with Gasteiger partial charge in [-0.2, -0.15) is 0 Å². The number of carbonyl (C=O) groups excluding carboxylic acids is 6. The highest BCUT2D eigenvalue weighted by Crippen LogP contribution is 2.41. The number of rotatable bonds is 10. The molecule has 16 nitrogen and oxygen atoms in total. The van der Waals surface area contributed by atoms with Gasteiger partial charge in [0.1, 0.15) is 41.1 Å². The first kappa shape index (κ1) is 33.9. The third kappa shape index (κ3) is 6.41. The largest absolute Gasteiger partial charge is 0.489 e.